The number of benzene rings is 1. The Labute approximate surface area is 142 Å². The third-order valence-electron chi connectivity index (χ3n) is 6.36. The largest absolute Gasteiger partial charge is 0.273 e. The number of amides is 1. The van der Waals surface area contributed by atoms with Crippen molar-refractivity contribution in [1.29, 1.82) is 0 Å². The van der Waals surface area contributed by atoms with Crippen LogP contribution in [0.1, 0.15) is 57.9 Å². The lowest BCUT2D eigenvalue weighted by Crippen LogP contribution is -2.59. The minimum Gasteiger partial charge on any atom is -0.273 e. The van der Waals surface area contributed by atoms with Crippen LogP contribution in [0.4, 0.5) is 4.39 Å². The molecule has 1 amide bonds. The van der Waals surface area contributed by atoms with Crippen molar-refractivity contribution >= 4 is 12.1 Å². The maximum Gasteiger partial charge on any atom is 0.246 e. The monoisotopic (exact) mass is 328 g/mol. The Morgan fingerprint density at radius 1 is 1.12 bits per heavy atom. The van der Waals surface area contributed by atoms with Gasteiger partial charge in [0.2, 0.25) is 5.91 Å². The molecule has 5 rings (SSSR count). The fourth-order valence-corrected chi connectivity index (χ4v) is 6.53. The van der Waals surface area contributed by atoms with E-state index in [1.54, 1.807) is 18.3 Å². The molecule has 0 radical (unpaired) electrons. The van der Waals surface area contributed by atoms with E-state index < -0.39 is 0 Å². The van der Waals surface area contributed by atoms with Crippen molar-refractivity contribution in [1.82, 2.24) is 5.43 Å². The number of nitrogens with zero attached hydrogens (tertiary/aromatic N) is 1. The van der Waals surface area contributed by atoms with Gasteiger partial charge in [0.05, 0.1) is 11.6 Å². The second-order valence-corrected chi connectivity index (χ2v) is 9.16. The van der Waals surface area contributed by atoms with Crippen LogP contribution in [0.25, 0.3) is 0 Å². The van der Waals surface area contributed by atoms with E-state index in [1.807, 2.05) is 0 Å². The Morgan fingerprint density at radius 3 is 2.33 bits per heavy atom. The van der Waals surface area contributed by atoms with E-state index in [2.05, 4.69) is 24.4 Å². The van der Waals surface area contributed by atoms with Crippen LogP contribution in [0.5, 0.6) is 0 Å². The van der Waals surface area contributed by atoms with Gasteiger partial charge >= 0.3 is 0 Å². The highest BCUT2D eigenvalue weighted by Gasteiger charge is 2.62. The van der Waals surface area contributed by atoms with Gasteiger partial charge in [-0.25, -0.2) is 9.82 Å². The van der Waals surface area contributed by atoms with E-state index in [4.69, 9.17) is 0 Å². The third-order valence-corrected chi connectivity index (χ3v) is 6.36. The number of halogens is 1. The van der Waals surface area contributed by atoms with Gasteiger partial charge in [-0.1, -0.05) is 26.0 Å². The standard InChI is InChI=1S/C20H25FN2O/c1-18-7-15-8-19(2,11-18)13-20(9-15,12-18)17(24)23-22-10-14-3-5-16(21)6-4-14/h3-6,10,15H,7-9,11-13H2,1-2H3,(H,23,24)/b22-10+. The molecule has 0 spiro atoms. The lowest BCUT2D eigenvalue weighted by Gasteiger charge is -2.64. The molecule has 4 fully saturated rings. The number of hydrogen-bond acceptors (Lipinski definition) is 2. The molecule has 0 heterocycles. The van der Waals surface area contributed by atoms with Crippen molar-refractivity contribution in [3.63, 3.8) is 0 Å². The molecule has 0 saturated heterocycles. The fourth-order valence-electron chi connectivity index (χ4n) is 6.53. The molecular formula is C20H25FN2O. The Bertz CT molecular complexity index is 678. The van der Waals surface area contributed by atoms with E-state index >= 15 is 0 Å². The predicted octanol–water partition coefficient (Wildman–Crippen LogP) is 4.27. The molecule has 3 nitrogen and oxygen atoms in total. The minimum atomic E-state index is -0.272. The van der Waals surface area contributed by atoms with Gasteiger partial charge < -0.3 is 0 Å². The highest BCUT2D eigenvalue weighted by molar-refractivity contribution is 5.86. The van der Waals surface area contributed by atoms with Crippen molar-refractivity contribution in [2.24, 2.45) is 27.3 Å². The number of rotatable bonds is 3. The van der Waals surface area contributed by atoms with Crippen molar-refractivity contribution in [3.8, 4) is 0 Å². The first kappa shape index (κ1) is 15.8. The molecule has 4 heteroatoms. The van der Waals surface area contributed by atoms with Gasteiger partial charge in [0.15, 0.2) is 0 Å². The molecule has 2 unspecified atom stereocenters. The van der Waals surface area contributed by atoms with Gasteiger partial charge in [-0.3, -0.25) is 4.79 Å². The lowest BCUT2D eigenvalue weighted by atomic mass is 9.40. The summed E-state index contributed by atoms with van der Waals surface area (Å²) in [5.74, 6) is 0.483. The Hall–Kier alpha value is -1.71. The summed E-state index contributed by atoms with van der Waals surface area (Å²) < 4.78 is 12.9. The molecule has 4 aliphatic carbocycles. The quantitative estimate of drug-likeness (QED) is 0.653. The molecular weight excluding hydrogens is 303 g/mol. The molecule has 4 saturated carbocycles. The van der Waals surface area contributed by atoms with Gasteiger partial charge in [0.25, 0.3) is 0 Å². The first-order valence-corrected chi connectivity index (χ1v) is 8.89. The van der Waals surface area contributed by atoms with E-state index in [1.165, 1.54) is 31.4 Å². The van der Waals surface area contributed by atoms with Crippen molar-refractivity contribution in [3.05, 3.63) is 35.6 Å². The SMILES string of the molecule is CC12CC3CC(C)(C1)CC(C(=O)N/N=C/c1ccc(F)cc1)(C3)C2. The van der Waals surface area contributed by atoms with Crippen LogP contribution in [0.3, 0.4) is 0 Å². The summed E-state index contributed by atoms with van der Waals surface area (Å²) in [7, 11) is 0. The summed E-state index contributed by atoms with van der Waals surface area (Å²) in [6.07, 6.45) is 8.38. The second kappa shape index (κ2) is 5.14. The van der Waals surface area contributed by atoms with E-state index in [9.17, 15) is 9.18 Å². The summed E-state index contributed by atoms with van der Waals surface area (Å²) in [6, 6.07) is 6.09. The second-order valence-electron chi connectivity index (χ2n) is 9.16. The molecule has 4 aliphatic rings. The molecule has 0 aliphatic heterocycles. The van der Waals surface area contributed by atoms with E-state index in [0.29, 0.717) is 16.7 Å². The number of hydrogen-bond donors (Lipinski definition) is 1. The molecule has 128 valence electrons. The van der Waals surface area contributed by atoms with Gasteiger partial charge in [0, 0.05) is 0 Å². The average molecular weight is 328 g/mol. The molecule has 2 atom stereocenters. The summed E-state index contributed by atoms with van der Waals surface area (Å²) in [6.45, 7) is 4.72. The van der Waals surface area contributed by atoms with Crippen LogP contribution in [-0.4, -0.2) is 12.1 Å². The van der Waals surface area contributed by atoms with Gasteiger partial charge in [-0.2, -0.15) is 5.10 Å². The first-order valence-electron chi connectivity index (χ1n) is 8.89. The summed E-state index contributed by atoms with van der Waals surface area (Å²) in [5, 5.41) is 4.13. The molecule has 1 N–H and O–H groups in total. The predicted molar refractivity (Wildman–Crippen MR) is 92.0 cm³/mol. The van der Waals surface area contributed by atoms with Crippen molar-refractivity contribution < 1.29 is 9.18 Å². The first-order chi connectivity index (χ1) is 11.3. The summed E-state index contributed by atoms with van der Waals surface area (Å²) in [5.41, 5.74) is 3.93. The van der Waals surface area contributed by atoms with Crippen molar-refractivity contribution in [2.45, 2.75) is 52.4 Å². The van der Waals surface area contributed by atoms with Gasteiger partial charge in [0.1, 0.15) is 5.82 Å². The van der Waals surface area contributed by atoms with Gasteiger partial charge in [-0.15, -0.1) is 0 Å². The van der Waals surface area contributed by atoms with Crippen LogP contribution in [0, 0.1) is 28.0 Å². The maximum atomic E-state index is 12.9. The van der Waals surface area contributed by atoms with Crippen LogP contribution in [0.2, 0.25) is 0 Å². The number of hydrazone groups is 1. The van der Waals surface area contributed by atoms with Crippen LogP contribution in [-0.2, 0) is 4.79 Å². The smallest absolute Gasteiger partial charge is 0.246 e. The molecule has 1 aromatic carbocycles. The zero-order valence-corrected chi connectivity index (χ0v) is 14.4. The molecule has 1 aromatic rings. The Morgan fingerprint density at radius 2 is 1.75 bits per heavy atom. The Balaban J connectivity index is 1.49. The van der Waals surface area contributed by atoms with Gasteiger partial charge in [-0.05, 0) is 73.0 Å². The normalized spacial score (nSPS) is 40.2. The lowest BCUT2D eigenvalue weighted by molar-refractivity contribution is -0.170. The number of carbonyl (C=O) groups excluding carboxylic acids is 1. The molecule has 4 bridgehead atoms. The Kier molecular flexibility index (Phi) is 3.38. The zero-order valence-electron chi connectivity index (χ0n) is 14.4. The average Bonchev–Trinajstić information content (AvgIpc) is 2.45. The van der Waals surface area contributed by atoms with Crippen LogP contribution >= 0.6 is 0 Å². The minimum absolute atomic E-state index is 0.0717. The van der Waals surface area contributed by atoms with E-state index in [-0.39, 0.29) is 17.1 Å². The van der Waals surface area contributed by atoms with Crippen LogP contribution in [0.15, 0.2) is 29.4 Å². The summed E-state index contributed by atoms with van der Waals surface area (Å²) in [4.78, 5) is 12.9. The molecule has 0 aromatic heterocycles. The van der Waals surface area contributed by atoms with Crippen LogP contribution < -0.4 is 5.43 Å². The number of carbonyl (C=O) groups is 1. The highest BCUT2D eigenvalue weighted by atomic mass is 19.1. The molecule has 24 heavy (non-hydrogen) atoms. The third kappa shape index (κ3) is 2.66. The highest BCUT2D eigenvalue weighted by Crippen LogP contribution is 2.69. The van der Waals surface area contributed by atoms with Crippen molar-refractivity contribution in [2.75, 3.05) is 0 Å². The maximum absolute atomic E-state index is 12.9. The summed E-state index contributed by atoms with van der Waals surface area (Å²) >= 11 is 0. The number of nitrogens with one attached hydrogen (secondary N) is 1. The zero-order chi connectivity index (χ0) is 17.0. The topological polar surface area (TPSA) is 41.5 Å². The fraction of sp³-hybridized carbons (Fsp3) is 0.600. The van der Waals surface area contributed by atoms with E-state index in [0.717, 1.165) is 24.8 Å².